The van der Waals surface area contributed by atoms with Gasteiger partial charge in [0.15, 0.2) is 0 Å². The van der Waals surface area contributed by atoms with E-state index < -0.39 is 0 Å². The van der Waals surface area contributed by atoms with Crippen molar-refractivity contribution in [1.29, 1.82) is 0 Å². The summed E-state index contributed by atoms with van der Waals surface area (Å²) in [5.41, 5.74) is 4.21. The van der Waals surface area contributed by atoms with Gasteiger partial charge in [0.05, 0.1) is 10.4 Å². The minimum atomic E-state index is -0.0665. The summed E-state index contributed by atoms with van der Waals surface area (Å²) in [6.45, 7) is 12.2. The van der Waals surface area contributed by atoms with Crippen LogP contribution < -0.4 is 0 Å². The predicted molar refractivity (Wildman–Crippen MR) is 89.9 cm³/mol. The van der Waals surface area contributed by atoms with Crippen molar-refractivity contribution in [3.8, 4) is 0 Å². The average molecular weight is 339 g/mol. The fourth-order valence-corrected chi connectivity index (χ4v) is 3.79. The van der Waals surface area contributed by atoms with E-state index in [0.717, 1.165) is 13.0 Å². The van der Waals surface area contributed by atoms with Gasteiger partial charge in [0.2, 0.25) is 0 Å². The fourth-order valence-electron chi connectivity index (χ4n) is 3.01. The van der Waals surface area contributed by atoms with Gasteiger partial charge in [0.25, 0.3) is 0 Å². The van der Waals surface area contributed by atoms with Crippen LogP contribution >= 0.6 is 15.9 Å². The Morgan fingerprint density at radius 1 is 1.10 bits per heavy atom. The summed E-state index contributed by atoms with van der Waals surface area (Å²) >= 11 is 3.92. The summed E-state index contributed by atoms with van der Waals surface area (Å²) in [5, 5.41) is 0. The number of halogens is 1. The second-order valence-electron chi connectivity index (χ2n) is 6.82. The third kappa shape index (κ3) is 3.12. The van der Waals surface area contributed by atoms with E-state index in [4.69, 9.17) is 4.74 Å². The number of hydrogen-bond donors (Lipinski definition) is 0. The van der Waals surface area contributed by atoms with Crippen LogP contribution in [0.15, 0.2) is 18.2 Å². The van der Waals surface area contributed by atoms with Crippen molar-refractivity contribution in [2.75, 3.05) is 6.61 Å². The van der Waals surface area contributed by atoms with Crippen molar-refractivity contribution < 1.29 is 4.74 Å². The molecule has 0 aliphatic carbocycles. The lowest BCUT2D eigenvalue weighted by Gasteiger charge is -2.32. The van der Waals surface area contributed by atoms with Gasteiger partial charge in [-0.05, 0) is 48.3 Å². The Morgan fingerprint density at radius 2 is 1.80 bits per heavy atom. The summed E-state index contributed by atoms with van der Waals surface area (Å²) in [4.78, 5) is 0.274. The summed E-state index contributed by atoms with van der Waals surface area (Å²) < 4.78 is 6.02. The molecule has 1 aromatic rings. The van der Waals surface area contributed by atoms with E-state index in [1.54, 1.807) is 0 Å². The zero-order chi connectivity index (χ0) is 14.9. The zero-order valence-corrected chi connectivity index (χ0v) is 15.0. The van der Waals surface area contributed by atoms with E-state index in [1.165, 1.54) is 23.1 Å². The molecule has 1 aliphatic rings. The molecule has 2 rings (SSSR count). The zero-order valence-electron chi connectivity index (χ0n) is 13.4. The first-order chi connectivity index (χ1) is 9.35. The third-order valence-corrected chi connectivity index (χ3v) is 5.92. The van der Waals surface area contributed by atoms with Crippen LogP contribution in [0.25, 0.3) is 0 Å². The molecular weight excluding hydrogens is 312 g/mol. The fraction of sp³-hybridized carbons (Fsp3) is 0.667. The molecule has 2 heteroatoms. The van der Waals surface area contributed by atoms with Gasteiger partial charge in [-0.25, -0.2) is 0 Å². The minimum Gasteiger partial charge on any atom is -0.374 e. The van der Waals surface area contributed by atoms with Crippen LogP contribution in [0.3, 0.4) is 0 Å². The minimum absolute atomic E-state index is 0.0665. The summed E-state index contributed by atoms with van der Waals surface area (Å²) in [6.07, 6.45) is 2.30. The first-order valence-electron chi connectivity index (χ1n) is 7.77. The average Bonchev–Trinajstić information content (AvgIpc) is 2.85. The molecule has 0 aromatic heterocycles. The van der Waals surface area contributed by atoms with Gasteiger partial charge in [-0.2, -0.15) is 0 Å². The van der Waals surface area contributed by atoms with Crippen molar-refractivity contribution >= 4 is 15.9 Å². The molecule has 0 spiro atoms. The van der Waals surface area contributed by atoms with Gasteiger partial charge in [-0.15, -0.1) is 0 Å². The molecule has 2 unspecified atom stereocenters. The van der Waals surface area contributed by atoms with Crippen LogP contribution in [0.4, 0.5) is 0 Å². The number of benzene rings is 1. The van der Waals surface area contributed by atoms with Crippen LogP contribution in [-0.4, -0.2) is 12.2 Å². The van der Waals surface area contributed by atoms with Crippen molar-refractivity contribution in [3.63, 3.8) is 0 Å². The van der Waals surface area contributed by atoms with E-state index in [9.17, 15) is 0 Å². The normalized spacial score (nSPS) is 24.6. The molecule has 112 valence electrons. The Balaban J connectivity index is 2.40. The Bertz CT molecular complexity index is 458. The van der Waals surface area contributed by atoms with E-state index in [2.05, 4.69) is 68.7 Å². The lowest BCUT2D eigenvalue weighted by atomic mass is 9.85. The first kappa shape index (κ1) is 16.0. The summed E-state index contributed by atoms with van der Waals surface area (Å²) in [6, 6.07) is 6.96. The van der Waals surface area contributed by atoms with Crippen molar-refractivity contribution in [2.24, 2.45) is 0 Å². The highest BCUT2D eigenvalue weighted by molar-refractivity contribution is 9.09. The lowest BCUT2D eigenvalue weighted by molar-refractivity contribution is 0.0195. The van der Waals surface area contributed by atoms with Crippen molar-refractivity contribution in [1.82, 2.24) is 0 Å². The Hall–Kier alpha value is -0.340. The highest BCUT2D eigenvalue weighted by Crippen LogP contribution is 2.45. The van der Waals surface area contributed by atoms with Crippen LogP contribution in [0.1, 0.15) is 80.8 Å². The van der Waals surface area contributed by atoms with Crippen molar-refractivity contribution in [3.05, 3.63) is 34.9 Å². The standard InChI is InChI=1S/C18H27BrO/c1-12(2)14-7-8-15(16(11-14)13(3)4)17(19)18(5)9-6-10-20-18/h7-8,11-13,17H,6,9-10H2,1-5H3. The van der Waals surface area contributed by atoms with Crippen molar-refractivity contribution in [2.45, 2.75) is 69.7 Å². The molecule has 2 atom stereocenters. The second kappa shape index (κ2) is 6.19. The van der Waals surface area contributed by atoms with Gasteiger partial charge in [0, 0.05) is 6.61 Å². The smallest absolute Gasteiger partial charge is 0.0820 e. The van der Waals surface area contributed by atoms with E-state index in [1.807, 2.05) is 0 Å². The molecule has 1 fully saturated rings. The molecule has 1 saturated heterocycles. The van der Waals surface area contributed by atoms with Crippen LogP contribution in [0, 0.1) is 0 Å². The maximum absolute atomic E-state index is 6.02. The predicted octanol–water partition coefficient (Wildman–Crippen LogP) is 5.94. The number of alkyl halides is 1. The monoisotopic (exact) mass is 338 g/mol. The quantitative estimate of drug-likeness (QED) is 0.617. The van der Waals surface area contributed by atoms with Crippen LogP contribution in [-0.2, 0) is 4.74 Å². The Labute approximate surface area is 132 Å². The molecule has 0 N–H and O–H groups in total. The lowest BCUT2D eigenvalue weighted by Crippen LogP contribution is -2.29. The number of hydrogen-bond acceptors (Lipinski definition) is 1. The second-order valence-corrected chi connectivity index (χ2v) is 7.74. The van der Waals surface area contributed by atoms with Crippen LogP contribution in [0.5, 0.6) is 0 Å². The molecule has 20 heavy (non-hydrogen) atoms. The molecule has 1 aromatic carbocycles. The van der Waals surface area contributed by atoms with Gasteiger partial charge in [-0.1, -0.05) is 61.8 Å². The van der Waals surface area contributed by atoms with E-state index in [-0.39, 0.29) is 10.4 Å². The SMILES string of the molecule is CC(C)c1ccc(C(Br)C2(C)CCCO2)c(C(C)C)c1. The highest BCUT2D eigenvalue weighted by Gasteiger charge is 2.38. The molecule has 0 bridgehead atoms. The molecule has 0 radical (unpaired) electrons. The van der Waals surface area contributed by atoms with Gasteiger partial charge in [0.1, 0.15) is 0 Å². The topological polar surface area (TPSA) is 9.23 Å². The maximum atomic E-state index is 6.02. The van der Waals surface area contributed by atoms with E-state index in [0.29, 0.717) is 11.8 Å². The van der Waals surface area contributed by atoms with Crippen LogP contribution in [0.2, 0.25) is 0 Å². The summed E-state index contributed by atoms with van der Waals surface area (Å²) in [7, 11) is 0. The molecule has 1 nitrogen and oxygen atoms in total. The highest BCUT2D eigenvalue weighted by atomic mass is 79.9. The summed E-state index contributed by atoms with van der Waals surface area (Å²) in [5.74, 6) is 1.11. The largest absolute Gasteiger partial charge is 0.374 e. The third-order valence-electron chi connectivity index (χ3n) is 4.46. The first-order valence-corrected chi connectivity index (χ1v) is 8.68. The molecule has 1 aliphatic heterocycles. The molecule has 1 heterocycles. The van der Waals surface area contributed by atoms with Gasteiger partial charge in [-0.3, -0.25) is 0 Å². The molecule has 0 amide bonds. The Kier molecular flexibility index (Phi) is 4.96. The van der Waals surface area contributed by atoms with E-state index >= 15 is 0 Å². The number of ether oxygens (including phenoxy) is 1. The van der Waals surface area contributed by atoms with Gasteiger partial charge >= 0.3 is 0 Å². The van der Waals surface area contributed by atoms with Gasteiger partial charge < -0.3 is 4.74 Å². The Morgan fingerprint density at radius 3 is 2.30 bits per heavy atom. The number of rotatable bonds is 4. The maximum Gasteiger partial charge on any atom is 0.0820 e. The molecule has 0 saturated carbocycles. The molecular formula is C18H27BrO.